The van der Waals surface area contributed by atoms with Gasteiger partial charge in [0.2, 0.25) is 59.1 Å². The molecule has 0 radical (unpaired) electrons. The van der Waals surface area contributed by atoms with Crippen molar-refractivity contribution in [2.75, 3.05) is 49.7 Å². The minimum absolute atomic E-state index is 0. The van der Waals surface area contributed by atoms with Gasteiger partial charge in [-0.15, -0.1) is 0 Å². The monoisotopic (exact) mass is 2050 g/mol. The Labute approximate surface area is 866 Å². The van der Waals surface area contributed by atoms with Crippen LogP contribution < -0.4 is 53.2 Å². The lowest BCUT2D eigenvalue weighted by atomic mass is 10.0. The van der Waals surface area contributed by atoms with Crippen LogP contribution in [0, 0.1) is 41.5 Å². The first kappa shape index (κ1) is 132. The molecular formula is C111H142Cl2N10O23. The molecule has 6 atom stereocenters. The number of carbonyl (C=O) groups excluding carboxylic acids is 14. The van der Waals surface area contributed by atoms with Crippen molar-refractivity contribution in [1.82, 2.24) is 31.9 Å². The maximum Gasteiger partial charge on any atom is 0.328 e. The smallest absolute Gasteiger partial charge is 0.328 e. The van der Waals surface area contributed by atoms with E-state index in [0.717, 1.165) is 83.7 Å². The number of amides is 10. The first-order chi connectivity index (χ1) is 68.0. The van der Waals surface area contributed by atoms with Crippen molar-refractivity contribution in [2.24, 2.45) is 0 Å². The van der Waals surface area contributed by atoms with Crippen molar-refractivity contribution in [1.29, 1.82) is 0 Å². The number of halogens is 2. The summed E-state index contributed by atoms with van der Waals surface area (Å²) < 4.78 is 18.6. The van der Waals surface area contributed by atoms with E-state index in [1.807, 2.05) is 266 Å². The Bertz CT molecular complexity index is 5590. The summed E-state index contributed by atoms with van der Waals surface area (Å²) in [4.78, 5) is 176. The lowest BCUT2D eigenvalue weighted by Gasteiger charge is -2.15. The highest BCUT2D eigenvalue weighted by Crippen LogP contribution is 2.24. The van der Waals surface area contributed by atoms with Gasteiger partial charge in [0.05, 0.1) is 45.8 Å². The van der Waals surface area contributed by atoms with Gasteiger partial charge >= 0.3 is 35.8 Å². The van der Waals surface area contributed by atoms with Gasteiger partial charge in [0.15, 0.2) is 0 Å². The Balaban J connectivity index is 0. The van der Waals surface area contributed by atoms with Gasteiger partial charge in [-0.2, -0.15) is 0 Å². The second kappa shape index (κ2) is 74.2. The quantitative estimate of drug-likeness (QED) is 0.0153. The van der Waals surface area contributed by atoms with Gasteiger partial charge in [-0.1, -0.05) is 267 Å². The highest BCUT2D eigenvalue weighted by atomic mass is 35.5. The zero-order valence-corrected chi connectivity index (χ0v) is 86.4. The molecule has 0 aliphatic rings. The number of para-hydroxylation sites is 2. The molecule has 10 amide bonds. The fourth-order valence-corrected chi connectivity index (χ4v) is 12.8. The van der Waals surface area contributed by atoms with E-state index < -0.39 is 72.1 Å². The number of carboxylic acids is 2. The zero-order valence-electron chi connectivity index (χ0n) is 84.8. The maximum atomic E-state index is 11.5. The van der Waals surface area contributed by atoms with Gasteiger partial charge in [-0.25, -0.2) is 28.8 Å². The number of hydrogen-bond acceptors (Lipinski definition) is 21. The number of rotatable bonds is 29. The first-order valence-corrected chi connectivity index (χ1v) is 45.8. The van der Waals surface area contributed by atoms with Crippen molar-refractivity contribution in [2.45, 2.75) is 207 Å². The molecule has 0 bridgehead atoms. The average molecular weight is 2060 g/mol. The third-order valence-electron chi connectivity index (χ3n) is 19.2. The number of anilines is 4. The Hall–Kier alpha value is -15.7. The number of nitrogens with one attached hydrogen (secondary N) is 10. The van der Waals surface area contributed by atoms with E-state index in [1.165, 1.54) is 97.7 Å². The maximum absolute atomic E-state index is 11.5. The molecule has 6 unspecified atom stereocenters. The standard InChI is InChI=1S/2C13H17NO3.3C12H15NO3.C11H13NO3.2C9H10ClNO.C9H11NO2.C9H11NO.2CH4/c2*1-9-4-6-11(7-5-9)8-12(13(16)17-3)14-10(2)15;1-8-3-5-10(6-4-8)7-11(12(15)16)13-9(2)14;2*1-9(14)13-11(12(15)16-2)8-10-6-4-3-5-7-10;1-8(13)12-10(11(14)15)7-9-5-3-2-4-6-9;1-6-3-4-8(5-9(6)10)11-7(2)12;1-6-3-4-9(8(10)5-6)11-7(2)12;1-7(12)10-9-5-3-2-4-8(9)6-11;1-7-5-3-4-6-9(7)10-8(2)11;;/h2*4-7,12H,8H2,1-3H3,(H,14,15);3-6,11H,7H2,1-2H3,(H,13,14)(H,15,16);2*3-7,11H,8H2,1-2H3,(H,13,14);2-6,10H,7H2,1H3,(H,12,13)(H,14,15);2*3-5H,1-2H3,(H,11,12);2-5,11H,6H2,1H3,(H,10,12);3-6H,1-2H3,(H,10,11);2*1H4. The summed E-state index contributed by atoms with van der Waals surface area (Å²) >= 11 is 11.7. The molecule has 0 saturated heterocycles. The molecule has 146 heavy (non-hydrogen) atoms. The summed E-state index contributed by atoms with van der Waals surface area (Å²) in [5.74, 6) is -5.76. The summed E-state index contributed by atoms with van der Waals surface area (Å²) in [5.41, 5.74) is 16.0. The van der Waals surface area contributed by atoms with Crippen molar-refractivity contribution in [3.63, 3.8) is 0 Å². The lowest BCUT2D eigenvalue weighted by Crippen LogP contribution is -2.41. The number of aryl methyl sites for hydroxylation is 6. The van der Waals surface area contributed by atoms with Gasteiger partial charge in [-0.3, -0.25) is 47.9 Å². The molecule has 0 spiro atoms. The molecule has 33 nitrogen and oxygen atoms in total. The minimum Gasteiger partial charge on any atom is -0.480 e. The zero-order chi connectivity index (χ0) is 109. The first-order valence-electron chi connectivity index (χ1n) is 45.1. The average Bonchev–Trinajstić information content (AvgIpc) is 0.882. The van der Waals surface area contributed by atoms with E-state index in [1.54, 1.807) is 24.3 Å². The van der Waals surface area contributed by atoms with E-state index >= 15 is 0 Å². The number of aliphatic hydroxyl groups excluding tert-OH is 1. The minimum atomic E-state index is -1.02. The second-order valence-electron chi connectivity index (χ2n) is 32.2. The van der Waals surface area contributed by atoms with E-state index in [9.17, 15) is 76.7 Å². The Morgan fingerprint density at radius 3 is 0.781 bits per heavy atom. The Morgan fingerprint density at radius 1 is 0.260 bits per heavy atom. The van der Waals surface area contributed by atoms with Crippen LogP contribution in [-0.4, -0.2) is 175 Å². The van der Waals surface area contributed by atoms with Crippen molar-refractivity contribution >= 4 is 141 Å². The van der Waals surface area contributed by atoms with Gasteiger partial charge in [0, 0.05) is 135 Å². The third kappa shape index (κ3) is 61.2. The number of carbonyl (C=O) groups is 16. The van der Waals surface area contributed by atoms with Crippen LogP contribution >= 0.6 is 23.2 Å². The Morgan fingerprint density at radius 2 is 0.514 bits per heavy atom. The van der Waals surface area contributed by atoms with Gasteiger partial charge in [0.1, 0.15) is 36.3 Å². The second-order valence-corrected chi connectivity index (χ2v) is 33.0. The van der Waals surface area contributed by atoms with Crippen LogP contribution in [0.5, 0.6) is 0 Å². The Kier molecular flexibility index (Phi) is 67.3. The molecular weight excluding hydrogens is 1910 g/mol. The van der Waals surface area contributed by atoms with Crippen LogP contribution in [0.15, 0.2) is 249 Å². The van der Waals surface area contributed by atoms with E-state index in [0.29, 0.717) is 59.9 Å². The highest BCUT2D eigenvalue weighted by Gasteiger charge is 2.26. The van der Waals surface area contributed by atoms with Gasteiger partial charge in [-0.05, 0) is 128 Å². The molecule has 0 fully saturated rings. The van der Waals surface area contributed by atoms with Crippen LogP contribution in [-0.2, 0) is 141 Å². The predicted molar refractivity (Wildman–Crippen MR) is 571 cm³/mol. The molecule has 10 aromatic rings. The van der Waals surface area contributed by atoms with Gasteiger partial charge in [0.25, 0.3) is 0 Å². The predicted octanol–water partition coefficient (Wildman–Crippen LogP) is 15.8. The molecule has 0 aliphatic carbocycles. The number of ether oxygens (including phenoxy) is 4. The number of hydrogen-bond donors (Lipinski definition) is 13. The fourth-order valence-electron chi connectivity index (χ4n) is 12.3. The normalized spacial score (nSPS) is 10.8. The number of methoxy groups -OCH3 is 4. The number of carboxylic acid groups (broad SMARTS) is 2. The fraction of sp³-hybridized carbons (Fsp3) is 0.315. The molecule has 10 rings (SSSR count). The molecule has 0 aromatic heterocycles. The molecule has 13 N–H and O–H groups in total. The molecule has 0 heterocycles. The van der Waals surface area contributed by atoms with Crippen LogP contribution in [0.25, 0.3) is 0 Å². The van der Waals surface area contributed by atoms with Gasteiger partial charge < -0.3 is 87.4 Å². The number of benzene rings is 10. The van der Waals surface area contributed by atoms with Crippen molar-refractivity contribution in [3.8, 4) is 0 Å². The molecule has 10 aromatic carbocycles. The summed E-state index contributed by atoms with van der Waals surface area (Å²) in [7, 11) is 5.24. The summed E-state index contributed by atoms with van der Waals surface area (Å²) in [6.07, 6.45) is 2.35. The largest absolute Gasteiger partial charge is 0.480 e. The van der Waals surface area contributed by atoms with Crippen LogP contribution in [0.2, 0.25) is 10.0 Å². The third-order valence-corrected chi connectivity index (χ3v) is 19.9. The molecule has 788 valence electrons. The van der Waals surface area contributed by atoms with E-state index in [2.05, 4.69) is 72.1 Å². The molecule has 0 aliphatic heterocycles. The van der Waals surface area contributed by atoms with Crippen molar-refractivity contribution in [3.05, 3.63) is 331 Å². The summed E-state index contributed by atoms with van der Waals surface area (Å²) in [6, 6.07) is 72.9. The number of aliphatic hydroxyl groups is 1. The molecule has 35 heteroatoms. The van der Waals surface area contributed by atoms with Crippen LogP contribution in [0.3, 0.4) is 0 Å². The number of esters is 4. The van der Waals surface area contributed by atoms with Crippen LogP contribution in [0.4, 0.5) is 22.7 Å². The highest BCUT2D eigenvalue weighted by molar-refractivity contribution is 6.33. The van der Waals surface area contributed by atoms with E-state index in [4.69, 9.17) is 38.5 Å². The SMILES string of the molecule is C.C.CC(=O)NC(Cc1ccc(C)cc1)C(=O)O.CC(=O)NC(Cc1ccccc1)C(=O)O.CC(=O)Nc1ccc(C)c(Cl)c1.CC(=O)Nc1ccc(C)cc1Cl.CC(=O)Nc1ccccc1C.CC(=O)Nc1ccccc1CO.COC(=O)C(Cc1ccc(C)cc1)NC(C)=O.COC(=O)C(Cc1ccc(C)cc1)NC(C)=O.COC(=O)C(Cc1ccccc1)NC(C)=O.COC(=O)C(Cc1ccccc1)NC(C)=O. The van der Waals surface area contributed by atoms with Crippen molar-refractivity contribution < 1.29 is 111 Å². The van der Waals surface area contributed by atoms with E-state index in [-0.39, 0.29) is 80.5 Å². The lowest BCUT2D eigenvalue weighted by molar-refractivity contribution is -0.145. The molecule has 0 saturated carbocycles. The van der Waals surface area contributed by atoms with Crippen LogP contribution in [0.1, 0.15) is 156 Å². The summed E-state index contributed by atoms with van der Waals surface area (Å²) in [6.45, 7) is 25.7. The number of aliphatic carboxylic acids is 2. The topological polar surface area (TPSA) is 491 Å². The summed E-state index contributed by atoms with van der Waals surface area (Å²) in [5, 5.41) is 53.6.